The number of para-hydroxylation sites is 1. The summed E-state index contributed by atoms with van der Waals surface area (Å²) in [6.07, 6.45) is 0. The number of H-pyrrole nitrogens is 1. The number of halogens is 1. The lowest BCUT2D eigenvalue weighted by Gasteiger charge is -2.27. The Morgan fingerprint density at radius 1 is 1.19 bits per heavy atom. The van der Waals surface area contributed by atoms with Gasteiger partial charge in [-0.1, -0.05) is 18.2 Å². The van der Waals surface area contributed by atoms with Gasteiger partial charge in [0.25, 0.3) is 5.91 Å². The number of benzene rings is 2. The predicted molar refractivity (Wildman–Crippen MR) is 98.0 cm³/mol. The number of hydrogen-bond donors (Lipinski definition) is 1. The number of carbonyl (C=O) groups excluding carboxylic acids is 1. The number of pyridine rings is 1. The lowest BCUT2D eigenvalue weighted by molar-refractivity contribution is 0.0743. The van der Waals surface area contributed by atoms with Crippen molar-refractivity contribution in [1.82, 2.24) is 9.88 Å². The highest BCUT2D eigenvalue weighted by Gasteiger charge is 2.23. The zero-order valence-electron chi connectivity index (χ0n) is 14.7. The van der Waals surface area contributed by atoms with Crippen LogP contribution in [0, 0.1) is 5.82 Å². The summed E-state index contributed by atoms with van der Waals surface area (Å²) < 4.78 is 18.8. The molecule has 0 unspecified atom stereocenters. The molecule has 1 N–H and O–H groups in total. The average molecular weight is 354 g/mol. The fourth-order valence-electron chi connectivity index (χ4n) is 3.00. The summed E-state index contributed by atoms with van der Waals surface area (Å²) in [5, 5.41) is 0.495. The minimum absolute atomic E-state index is 0.230. The first-order valence-corrected chi connectivity index (χ1v) is 8.15. The molecule has 3 rings (SSSR count). The van der Waals surface area contributed by atoms with E-state index in [-0.39, 0.29) is 17.5 Å². The molecule has 1 aromatic heterocycles. The zero-order chi connectivity index (χ0) is 18.8. The molecule has 1 heterocycles. The van der Waals surface area contributed by atoms with E-state index in [0.717, 1.165) is 5.56 Å². The minimum atomic E-state index is -0.478. The molecule has 2 aromatic carbocycles. The summed E-state index contributed by atoms with van der Waals surface area (Å²) in [5.74, 6) is -0.128. The van der Waals surface area contributed by atoms with E-state index >= 15 is 0 Å². The van der Waals surface area contributed by atoms with E-state index in [4.69, 9.17) is 4.74 Å². The number of ether oxygens (including phenoxy) is 1. The fraction of sp³-hybridized carbons (Fsp3) is 0.200. The molecule has 1 atom stereocenters. The minimum Gasteiger partial charge on any atom is -0.496 e. The van der Waals surface area contributed by atoms with E-state index < -0.39 is 11.4 Å². The molecule has 1 amide bonds. The van der Waals surface area contributed by atoms with Crippen LogP contribution in [0.5, 0.6) is 5.75 Å². The first-order chi connectivity index (χ1) is 12.4. The number of rotatable bonds is 4. The number of hydrogen-bond acceptors (Lipinski definition) is 3. The van der Waals surface area contributed by atoms with E-state index in [9.17, 15) is 14.0 Å². The lowest BCUT2D eigenvalue weighted by Crippen LogP contribution is -2.31. The topological polar surface area (TPSA) is 62.4 Å². The van der Waals surface area contributed by atoms with Gasteiger partial charge in [0.2, 0.25) is 5.56 Å². The van der Waals surface area contributed by atoms with Crippen molar-refractivity contribution < 1.29 is 13.9 Å². The van der Waals surface area contributed by atoms with Gasteiger partial charge in [0.05, 0.1) is 24.2 Å². The molecule has 26 heavy (non-hydrogen) atoms. The van der Waals surface area contributed by atoms with Gasteiger partial charge in [-0.05, 0) is 31.2 Å². The van der Waals surface area contributed by atoms with Crippen LogP contribution in [-0.2, 0) is 0 Å². The van der Waals surface area contributed by atoms with E-state index in [1.807, 2.05) is 31.2 Å². The first-order valence-electron chi connectivity index (χ1n) is 8.15. The van der Waals surface area contributed by atoms with Crippen molar-refractivity contribution in [2.24, 2.45) is 0 Å². The second-order valence-corrected chi connectivity index (χ2v) is 6.07. The SMILES string of the molecule is COc1ccccc1[C@@H](C)N(C)C(=O)c1cc(=O)[nH]c2cc(F)ccc12. The molecule has 0 radical (unpaired) electrons. The number of nitrogens with one attached hydrogen (secondary N) is 1. The lowest BCUT2D eigenvalue weighted by atomic mass is 10.0. The van der Waals surface area contributed by atoms with Crippen LogP contribution in [0.3, 0.4) is 0 Å². The molecule has 0 aliphatic carbocycles. The Morgan fingerprint density at radius 3 is 2.65 bits per heavy atom. The molecule has 134 valence electrons. The van der Waals surface area contributed by atoms with Crippen molar-refractivity contribution in [3.8, 4) is 5.75 Å². The van der Waals surface area contributed by atoms with Gasteiger partial charge in [-0.15, -0.1) is 0 Å². The van der Waals surface area contributed by atoms with Gasteiger partial charge in [0.1, 0.15) is 11.6 Å². The molecule has 0 aliphatic heterocycles. The van der Waals surface area contributed by atoms with Crippen molar-refractivity contribution in [1.29, 1.82) is 0 Å². The number of nitrogens with zero attached hydrogens (tertiary/aromatic N) is 1. The summed E-state index contributed by atoms with van der Waals surface area (Å²) in [5.41, 5.74) is 0.919. The zero-order valence-corrected chi connectivity index (χ0v) is 14.7. The molecule has 0 saturated carbocycles. The largest absolute Gasteiger partial charge is 0.496 e. The second-order valence-electron chi connectivity index (χ2n) is 6.07. The first kappa shape index (κ1) is 17.7. The van der Waals surface area contributed by atoms with Gasteiger partial charge in [-0.2, -0.15) is 0 Å². The quantitative estimate of drug-likeness (QED) is 0.780. The summed E-state index contributed by atoms with van der Waals surface area (Å²) in [4.78, 5) is 29.1. The van der Waals surface area contributed by atoms with Crippen molar-refractivity contribution in [3.05, 3.63) is 75.8 Å². The molecule has 0 fully saturated rings. The molecule has 6 heteroatoms. The van der Waals surface area contributed by atoms with Crippen LogP contribution < -0.4 is 10.3 Å². The molecule has 0 spiro atoms. The fourth-order valence-corrected chi connectivity index (χ4v) is 3.00. The monoisotopic (exact) mass is 354 g/mol. The van der Waals surface area contributed by atoms with Crippen LogP contribution in [0.4, 0.5) is 4.39 Å². The van der Waals surface area contributed by atoms with Gasteiger partial charge in [0.15, 0.2) is 0 Å². The van der Waals surface area contributed by atoms with Crippen molar-refractivity contribution in [2.75, 3.05) is 14.2 Å². The molecule has 5 nitrogen and oxygen atoms in total. The van der Waals surface area contributed by atoms with Crippen molar-refractivity contribution >= 4 is 16.8 Å². The molecule has 3 aromatic rings. The standard InChI is InChI=1S/C20H19FN2O3/c1-12(14-6-4-5-7-18(14)26-3)23(2)20(25)16-11-19(24)22-17-10-13(21)8-9-15(16)17/h4-12H,1-3H3,(H,22,24)/t12-/m1/s1. The number of aromatic amines is 1. The van der Waals surface area contributed by atoms with Gasteiger partial charge in [-0.25, -0.2) is 4.39 Å². The van der Waals surface area contributed by atoms with Crippen molar-refractivity contribution in [2.45, 2.75) is 13.0 Å². The number of aromatic nitrogens is 1. The summed E-state index contributed by atoms with van der Waals surface area (Å²) >= 11 is 0. The van der Waals surface area contributed by atoms with E-state index in [0.29, 0.717) is 16.7 Å². The van der Waals surface area contributed by atoms with E-state index in [1.54, 1.807) is 14.2 Å². The smallest absolute Gasteiger partial charge is 0.254 e. The Kier molecular flexibility index (Phi) is 4.75. The van der Waals surface area contributed by atoms with Gasteiger partial charge in [-0.3, -0.25) is 9.59 Å². The maximum atomic E-state index is 13.5. The molecule has 0 aliphatic rings. The molecular weight excluding hydrogens is 335 g/mol. The van der Waals surface area contributed by atoms with Crippen LogP contribution in [0.1, 0.15) is 28.9 Å². The number of methoxy groups -OCH3 is 1. The Balaban J connectivity index is 2.04. The number of fused-ring (bicyclic) bond motifs is 1. The summed E-state index contributed by atoms with van der Waals surface area (Å²) in [6, 6.07) is 12.4. The van der Waals surface area contributed by atoms with E-state index in [2.05, 4.69) is 4.98 Å². The van der Waals surface area contributed by atoms with Crippen molar-refractivity contribution in [3.63, 3.8) is 0 Å². The Morgan fingerprint density at radius 2 is 1.92 bits per heavy atom. The summed E-state index contributed by atoms with van der Waals surface area (Å²) in [7, 11) is 3.24. The Labute approximate surface area is 150 Å². The molecule has 0 bridgehead atoms. The molecular formula is C20H19FN2O3. The summed E-state index contributed by atoms with van der Waals surface area (Å²) in [6.45, 7) is 1.88. The average Bonchev–Trinajstić information content (AvgIpc) is 2.65. The molecule has 0 saturated heterocycles. The normalized spacial score (nSPS) is 12.0. The van der Waals surface area contributed by atoms with Crippen LogP contribution in [0.15, 0.2) is 53.3 Å². The highest BCUT2D eigenvalue weighted by Crippen LogP contribution is 2.29. The van der Waals surface area contributed by atoms with Gasteiger partial charge in [0, 0.05) is 24.1 Å². The predicted octanol–water partition coefficient (Wildman–Crippen LogP) is 3.51. The van der Waals surface area contributed by atoms with Gasteiger partial charge >= 0.3 is 0 Å². The van der Waals surface area contributed by atoms with Gasteiger partial charge < -0.3 is 14.6 Å². The number of carbonyl (C=O) groups is 1. The van der Waals surface area contributed by atoms with E-state index in [1.165, 1.54) is 29.2 Å². The maximum absolute atomic E-state index is 13.5. The van der Waals surface area contributed by atoms with Crippen LogP contribution in [-0.4, -0.2) is 29.9 Å². The highest BCUT2D eigenvalue weighted by molar-refractivity contribution is 6.06. The second kappa shape index (κ2) is 7.00. The highest BCUT2D eigenvalue weighted by atomic mass is 19.1. The maximum Gasteiger partial charge on any atom is 0.254 e. The third-order valence-corrected chi connectivity index (χ3v) is 4.53. The third-order valence-electron chi connectivity index (χ3n) is 4.53. The van der Waals surface area contributed by atoms with Crippen LogP contribution >= 0.6 is 0 Å². The Bertz CT molecular complexity index is 1030. The third kappa shape index (κ3) is 3.18. The van der Waals surface area contributed by atoms with Crippen LogP contribution in [0.25, 0.3) is 10.9 Å². The Hall–Kier alpha value is -3.15. The number of amides is 1. The van der Waals surface area contributed by atoms with Crippen LogP contribution in [0.2, 0.25) is 0 Å².